The van der Waals surface area contributed by atoms with E-state index in [1.807, 2.05) is 0 Å². The van der Waals surface area contributed by atoms with Crippen molar-refractivity contribution >= 4 is 33.2 Å². The normalized spacial score (nSPS) is 21.2. The van der Waals surface area contributed by atoms with Crippen molar-refractivity contribution in [1.82, 2.24) is 20.0 Å². The summed E-state index contributed by atoms with van der Waals surface area (Å²) in [5, 5.41) is 3.55. The van der Waals surface area contributed by atoms with E-state index in [2.05, 4.69) is 41.9 Å². The molecule has 0 aliphatic carbocycles. The molecule has 1 fully saturated rings. The van der Waals surface area contributed by atoms with E-state index in [0.717, 1.165) is 25.8 Å². The summed E-state index contributed by atoms with van der Waals surface area (Å²) in [6, 6.07) is 3.20. The van der Waals surface area contributed by atoms with Crippen LogP contribution in [0.4, 0.5) is 5.82 Å². The lowest BCUT2D eigenvalue weighted by molar-refractivity contribution is 0.222. The second kappa shape index (κ2) is 9.48. The van der Waals surface area contributed by atoms with Gasteiger partial charge in [0.05, 0.1) is 0 Å². The molecule has 1 aromatic rings. The Morgan fingerprint density at radius 2 is 2.00 bits per heavy atom. The quantitative estimate of drug-likeness (QED) is 0.368. The highest BCUT2D eigenvalue weighted by molar-refractivity contribution is 7.89. The molecule has 2 rings (SSSR count). The summed E-state index contributed by atoms with van der Waals surface area (Å²) in [4.78, 5) is 4.40. The summed E-state index contributed by atoms with van der Waals surface area (Å²) < 4.78 is 27.2. The van der Waals surface area contributed by atoms with Crippen LogP contribution in [0.5, 0.6) is 0 Å². The van der Waals surface area contributed by atoms with Crippen LogP contribution in [0.15, 0.2) is 23.2 Å². The van der Waals surface area contributed by atoms with Crippen LogP contribution < -0.4 is 16.2 Å². The zero-order valence-electron chi connectivity index (χ0n) is 15.7. The van der Waals surface area contributed by atoms with Gasteiger partial charge in [0.1, 0.15) is 10.7 Å². The third-order valence-electron chi connectivity index (χ3n) is 4.33. The number of hydrazine groups is 1. The van der Waals surface area contributed by atoms with Crippen molar-refractivity contribution in [1.29, 1.82) is 0 Å². The Morgan fingerprint density at radius 1 is 1.31 bits per heavy atom. The van der Waals surface area contributed by atoms with Gasteiger partial charge in [-0.05, 0) is 49.0 Å². The summed E-state index contributed by atoms with van der Waals surface area (Å²) in [7, 11) is -3.51. The van der Waals surface area contributed by atoms with Gasteiger partial charge in [-0.1, -0.05) is 27.2 Å². The van der Waals surface area contributed by atoms with Crippen molar-refractivity contribution in [2.75, 3.05) is 25.1 Å². The monoisotopic (exact) mass is 399 g/mol. The van der Waals surface area contributed by atoms with Gasteiger partial charge in [0, 0.05) is 25.8 Å². The van der Waals surface area contributed by atoms with Crippen molar-refractivity contribution < 1.29 is 8.42 Å². The first kappa shape index (κ1) is 20.9. The number of thiocarbonyl (C=S) groups is 1. The molecule has 0 aromatic carbocycles. The molecule has 1 aliphatic rings. The SMILES string of the molecule is CCCCNC(=S)NNc1ccc(S(=O)(=O)N2C[C@H](C)C[C@@H](C)C2)cn1. The Kier molecular flexibility index (Phi) is 7.60. The molecule has 26 heavy (non-hydrogen) atoms. The highest BCUT2D eigenvalue weighted by Gasteiger charge is 2.31. The lowest BCUT2D eigenvalue weighted by Gasteiger charge is -2.33. The van der Waals surface area contributed by atoms with E-state index in [-0.39, 0.29) is 4.90 Å². The topological polar surface area (TPSA) is 86.4 Å². The lowest BCUT2D eigenvalue weighted by Crippen LogP contribution is -2.42. The Bertz CT molecular complexity index is 684. The second-order valence-electron chi connectivity index (χ2n) is 7.01. The Hall–Kier alpha value is -1.45. The molecule has 0 spiro atoms. The van der Waals surface area contributed by atoms with Crippen molar-refractivity contribution in [3.8, 4) is 0 Å². The maximum atomic E-state index is 12.8. The highest BCUT2D eigenvalue weighted by atomic mass is 32.2. The van der Waals surface area contributed by atoms with Gasteiger partial charge in [-0.3, -0.25) is 10.9 Å². The predicted octanol–water partition coefficient (Wildman–Crippen LogP) is 2.34. The molecule has 1 saturated heterocycles. The van der Waals surface area contributed by atoms with Gasteiger partial charge in [0.2, 0.25) is 10.0 Å². The maximum Gasteiger partial charge on any atom is 0.244 e. The number of hydrogen-bond acceptors (Lipinski definition) is 5. The minimum absolute atomic E-state index is 0.216. The van der Waals surface area contributed by atoms with Gasteiger partial charge in [-0.2, -0.15) is 4.31 Å². The number of unbranched alkanes of at least 4 members (excludes halogenated alkanes) is 1. The summed E-state index contributed by atoms with van der Waals surface area (Å²) in [5.41, 5.74) is 5.71. The number of nitrogens with one attached hydrogen (secondary N) is 3. The zero-order valence-corrected chi connectivity index (χ0v) is 17.3. The van der Waals surface area contributed by atoms with Crippen molar-refractivity contribution in [3.05, 3.63) is 18.3 Å². The molecule has 7 nitrogen and oxygen atoms in total. The van der Waals surface area contributed by atoms with E-state index >= 15 is 0 Å². The number of aromatic nitrogens is 1. The first-order valence-corrected chi connectivity index (χ1v) is 10.9. The number of anilines is 1. The number of nitrogens with zero attached hydrogens (tertiary/aromatic N) is 2. The van der Waals surface area contributed by atoms with Crippen LogP contribution in [0.3, 0.4) is 0 Å². The molecule has 0 bridgehead atoms. The van der Waals surface area contributed by atoms with Crippen LogP contribution in [0.1, 0.15) is 40.0 Å². The number of hydrogen-bond donors (Lipinski definition) is 3. The van der Waals surface area contributed by atoms with Crippen LogP contribution in [-0.2, 0) is 10.0 Å². The Morgan fingerprint density at radius 3 is 2.58 bits per heavy atom. The molecule has 0 radical (unpaired) electrons. The first-order chi connectivity index (χ1) is 12.3. The van der Waals surface area contributed by atoms with Crippen molar-refractivity contribution in [2.45, 2.75) is 44.9 Å². The second-order valence-corrected chi connectivity index (χ2v) is 9.35. The highest BCUT2D eigenvalue weighted by Crippen LogP contribution is 2.26. The number of rotatable bonds is 7. The molecule has 2 heterocycles. The molecular weight excluding hydrogens is 370 g/mol. The van der Waals surface area contributed by atoms with Crippen LogP contribution in [-0.4, -0.2) is 42.5 Å². The summed E-state index contributed by atoms with van der Waals surface area (Å²) in [5.74, 6) is 1.24. The van der Waals surface area contributed by atoms with Crippen molar-refractivity contribution in [2.24, 2.45) is 11.8 Å². The molecule has 0 unspecified atom stereocenters. The standard InChI is InChI=1S/C17H29N5O2S2/c1-4-5-8-18-17(25)21-20-16-7-6-15(10-19-16)26(23,24)22-11-13(2)9-14(3)12-22/h6-7,10,13-14H,4-5,8-9,11-12H2,1-3H3,(H,19,20)(H2,18,21,25)/t13-,14-/m1/s1. The zero-order chi connectivity index (χ0) is 19.2. The fraction of sp³-hybridized carbons (Fsp3) is 0.647. The van der Waals surface area contributed by atoms with E-state index < -0.39 is 10.0 Å². The molecule has 3 N–H and O–H groups in total. The van der Waals surface area contributed by atoms with Crippen molar-refractivity contribution in [3.63, 3.8) is 0 Å². The molecule has 0 amide bonds. The van der Waals surface area contributed by atoms with Gasteiger partial charge in [-0.25, -0.2) is 13.4 Å². The smallest absolute Gasteiger partial charge is 0.244 e. The minimum Gasteiger partial charge on any atom is -0.361 e. The van der Waals surface area contributed by atoms with Gasteiger partial charge >= 0.3 is 0 Å². The van der Waals surface area contributed by atoms with Gasteiger partial charge in [-0.15, -0.1) is 0 Å². The predicted molar refractivity (Wildman–Crippen MR) is 108 cm³/mol. The van der Waals surface area contributed by atoms with Gasteiger partial charge in [0.15, 0.2) is 5.11 Å². The molecule has 1 aliphatic heterocycles. The Labute approximate surface area is 162 Å². The van der Waals surface area contributed by atoms with E-state index in [9.17, 15) is 8.42 Å². The van der Waals surface area contributed by atoms with E-state index in [1.54, 1.807) is 16.4 Å². The fourth-order valence-electron chi connectivity index (χ4n) is 3.10. The maximum absolute atomic E-state index is 12.8. The Balaban J connectivity index is 1.94. The van der Waals surface area contributed by atoms with E-state index in [0.29, 0.717) is 35.9 Å². The summed E-state index contributed by atoms with van der Waals surface area (Å²) in [6.07, 6.45) is 4.58. The van der Waals surface area contributed by atoms with E-state index in [1.165, 1.54) is 6.20 Å². The fourth-order valence-corrected chi connectivity index (χ4v) is 4.88. The van der Waals surface area contributed by atoms with E-state index in [4.69, 9.17) is 12.2 Å². The summed E-state index contributed by atoms with van der Waals surface area (Å²) >= 11 is 5.14. The van der Waals surface area contributed by atoms with Crippen LogP contribution in [0.25, 0.3) is 0 Å². The molecule has 1 aromatic heterocycles. The largest absolute Gasteiger partial charge is 0.361 e. The molecule has 9 heteroatoms. The average molecular weight is 400 g/mol. The third-order valence-corrected chi connectivity index (χ3v) is 6.39. The summed E-state index contributed by atoms with van der Waals surface area (Å²) in [6.45, 7) is 8.22. The van der Waals surface area contributed by atoms with Crippen LogP contribution in [0, 0.1) is 11.8 Å². The minimum atomic E-state index is -3.51. The van der Waals surface area contributed by atoms with Crippen LogP contribution >= 0.6 is 12.2 Å². The van der Waals surface area contributed by atoms with Gasteiger partial charge in [0.25, 0.3) is 0 Å². The van der Waals surface area contributed by atoms with Crippen LogP contribution in [0.2, 0.25) is 0 Å². The molecule has 2 atom stereocenters. The third kappa shape index (κ3) is 5.78. The number of piperidine rings is 1. The first-order valence-electron chi connectivity index (χ1n) is 9.09. The molecule has 0 saturated carbocycles. The molecule has 146 valence electrons. The molecular formula is C17H29N5O2S2. The lowest BCUT2D eigenvalue weighted by atomic mass is 9.94. The number of sulfonamides is 1. The van der Waals surface area contributed by atoms with Gasteiger partial charge < -0.3 is 5.32 Å². The number of pyridine rings is 1. The average Bonchev–Trinajstić information content (AvgIpc) is 2.60.